The van der Waals surface area contributed by atoms with Crippen molar-refractivity contribution in [2.75, 3.05) is 5.73 Å². The van der Waals surface area contributed by atoms with Crippen molar-refractivity contribution < 1.29 is 23.1 Å². The normalized spacial score (nSPS) is 10.9. The van der Waals surface area contributed by atoms with E-state index >= 15 is 0 Å². The lowest BCUT2D eigenvalue weighted by molar-refractivity contribution is -0.141. The lowest BCUT2D eigenvalue weighted by atomic mass is 10.2. The molecule has 4 nitrogen and oxygen atoms in total. The third-order valence-electron chi connectivity index (χ3n) is 2.25. The maximum Gasteiger partial charge on any atom is 0.435 e. The van der Waals surface area contributed by atoms with Crippen molar-refractivity contribution in [1.29, 1.82) is 0 Å². The number of benzene rings is 1. The van der Waals surface area contributed by atoms with E-state index in [0.717, 1.165) is 0 Å². The highest BCUT2D eigenvalue weighted by Crippen LogP contribution is 2.37. The van der Waals surface area contributed by atoms with Crippen LogP contribution in [0.3, 0.4) is 0 Å². The zero-order chi connectivity index (χ0) is 14.2. The number of halogens is 4. The van der Waals surface area contributed by atoms with Gasteiger partial charge < -0.3 is 10.8 Å². The van der Waals surface area contributed by atoms with Gasteiger partial charge in [0, 0.05) is 11.3 Å². The van der Waals surface area contributed by atoms with E-state index in [1.165, 1.54) is 24.3 Å². The fourth-order valence-electron chi connectivity index (χ4n) is 1.41. The highest BCUT2D eigenvalue weighted by molar-refractivity contribution is 7.17. The quantitative estimate of drug-likeness (QED) is 0.829. The number of hydrogen-bond donors (Lipinski definition) is 2. The second kappa shape index (κ2) is 5.68. The van der Waals surface area contributed by atoms with Gasteiger partial charge in [-0.25, -0.2) is 9.78 Å². The Bertz CT molecular complexity index is 626. The number of carboxylic acids is 1. The molecule has 0 radical (unpaired) electrons. The predicted octanol–water partition coefficient (Wildman–Crippen LogP) is 3.53. The molecule has 1 aromatic carbocycles. The van der Waals surface area contributed by atoms with Gasteiger partial charge in [-0.05, 0) is 24.3 Å². The number of nitrogens with two attached hydrogens (primary N) is 1. The molecule has 0 amide bonds. The fraction of sp³-hybridized carbons (Fsp3) is 0.0909. The molecule has 0 atom stereocenters. The molecular weight excluding hydrogens is 317 g/mol. The predicted molar refractivity (Wildman–Crippen MR) is 71.2 cm³/mol. The summed E-state index contributed by atoms with van der Waals surface area (Å²) in [6.07, 6.45) is -4.80. The van der Waals surface area contributed by atoms with Crippen molar-refractivity contribution in [3.8, 4) is 10.6 Å². The number of thiazole rings is 1. The number of aromatic nitrogens is 1. The SMILES string of the molecule is Cl.Nc1ccc(-c2nc(C(F)(F)F)c(C(=O)O)s2)cc1. The number of alkyl halides is 3. The number of hydrogen-bond acceptors (Lipinski definition) is 4. The number of nitrogens with zero attached hydrogens (tertiary/aromatic N) is 1. The molecule has 1 aromatic heterocycles. The van der Waals surface area contributed by atoms with Crippen LogP contribution in [0, 0.1) is 0 Å². The number of carbonyl (C=O) groups is 1. The zero-order valence-corrected chi connectivity index (χ0v) is 11.3. The highest BCUT2D eigenvalue weighted by atomic mass is 35.5. The van der Waals surface area contributed by atoms with Gasteiger partial charge in [0.15, 0.2) is 5.69 Å². The molecule has 0 saturated heterocycles. The Morgan fingerprint density at radius 3 is 2.20 bits per heavy atom. The van der Waals surface area contributed by atoms with Gasteiger partial charge in [0.1, 0.15) is 9.88 Å². The smallest absolute Gasteiger partial charge is 0.435 e. The van der Waals surface area contributed by atoms with Crippen molar-refractivity contribution in [3.05, 3.63) is 34.8 Å². The van der Waals surface area contributed by atoms with Crippen LogP contribution in [0.5, 0.6) is 0 Å². The van der Waals surface area contributed by atoms with Gasteiger partial charge in [0.2, 0.25) is 0 Å². The second-order valence-corrected chi connectivity index (χ2v) is 4.62. The van der Waals surface area contributed by atoms with Crippen molar-refractivity contribution in [1.82, 2.24) is 4.98 Å². The van der Waals surface area contributed by atoms with E-state index in [9.17, 15) is 18.0 Å². The van der Waals surface area contributed by atoms with Gasteiger partial charge in [-0.15, -0.1) is 23.7 Å². The maximum atomic E-state index is 12.7. The van der Waals surface area contributed by atoms with Crippen LogP contribution in [0.1, 0.15) is 15.4 Å². The molecule has 1 heterocycles. The van der Waals surface area contributed by atoms with Crippen LogP contribution in [-0.4, -0.2) is 16.1 Å². The molecule has 0 spiro atoms. The second-order valence-electron chi connectivity index (χ2n) is 3.62. The molecule has 2 rings (SSSR count). The summed E-state index contributed by atoms with van der Waals surface area (Å²) in [6.45, 7) is 0. The van der Waals surface area contributed by atoms with E-state index in [-0.39, 0.29) is 17.4 Å². The Balaban J connectivity index is 0.00000200. The van der Waals surface area contributed by atoms with Crippen LogP contribution in [0.25, 0.3) is 10.6 Å². The Hall–Kier alpha value is -1.80. The average molecular weight is 325 g/mol. The minimum atomic E-state index is -4.80. The molecule has 9 heteroatoms. The summed E-state index contributed by atoms with van der Waals surface area (Å²) in [5, 5.41) is 8.77. The Kier molecular flexibility index (Phi) is 4.61. The van der Waals surface area contributed by atoms with E-state index in [1.807, 2.05) is 0 Å². The van der Waals surface area contributed by atoms with Crippen molar-refractivity contribution in [3.63, 3.8) is 0 Å². The standard InChI is InChI=1S/C11H7F3N2O2S.ClH/c12-11(13,14)8-7(10(17)18)19-9(16-8)5-1-3-6(15)4-2-5;/h1-4H,15H2,(H,17,18);1H. The van der Waals surface area contributed by atoms with E-state index < -0.39 is 22.7 Å². The van der Waals surface area contributed by atoms with Gasteiger partial charge in [0.05, 0.1) is 0 Å². The number of nitrogen functional groups attached to an aromatic ring is 1. The maximum absolute atomic E-state index is 12.7. The van der Waals surface area contributed by atoms with Gasteiger partial charge in [-0.3, -0.25) is 0 Å². The van der Waals surface area contributed by atoms with Crippen molar-refractivity contribution >= 4 is 35.4 Å². The summed E-state index contributed by atoms with van der Waals surface area (Å²) in [5.74, 6) is -1.65. The summed E-state index contributed by atoms with van der Waals surface area (Å²) in [7, 11) is 0. The molecule has 0 aliphatic rings. The zero-order valence-electron chi connectivity index (χ0n) is 9.64. The van der Waals surface area contributed by atoms with E-state index in [2.05, 4.69) is 4.98 Å². The summed E-state index contributed by atoms with van der Waals surface area (Å²) in [5.41, 5.74) is 4.93. The van der Waals surface area contributed by atoms with Crippen LogP contribution < -0.4 is 5.73 Å². The average Bonchev–Trinajstić information content (AvgIpc) is 2.74. The first-order valence-electron chi connectivity index (χ1n) is 4.96. The van der Waals surface area contributed by atoms with Crippen LogP contribution in [0.4, 0.5) is 18.9 Å². The minimum absolute atomic E-state index is 0. The number of anilines is 1. The minimum Gasteiger partial charge on any atom is -0.477 e. The van der Waals surface area contributed by atoms with E-state index in [0.29, 0.717) is 22.6 Å². The molecule has 2 aromatic rings. The third-order valence-corrected chi connectivity index (χ3v) is 3.34. The van der Waals surface area contributed by atoms with Gasteiger partial charge in [-0.2, -0.15) is 13.2 Å². The molecular formula is C11H8ClF3N2O2S. The lowest BCUT2D eigenvalue weighted by Crippen LogP contribution is -2.11. The molecule has 0 aliphatic carbocycles. The molecule has 20 heavy (non-hydrogen) atoms. The van der Waals surface area contributed by atoms with E-state index in [1.54, 1.807) is 0 Å². The van der Waals surface area contributed by atoms with Gasteiger partial charge in [-0.1, -0.05) is 0 Å². The number of rotatable bonds is 2. The number of carboxylic acid groups (broad SMARTS) is 1. The van der Waals surface area contributed by atoms with Crippen molar-refractivity contribution in [2.24, 2.45) is 0 Å². The van der Waals surface area contributed by atoms with E-state index in [4.69, 9.17) is 10.8 Å². The first kappa shape index (κ1) is 16.3. The summed E-state index contributed by atoms with van der Waals surface area (Å²) in [6, 6.07) is 5.98. The molecule has 0 saturated carbocycles. The highest BCUT2D eigenvalue weighted by Gasteiger charge is 2.39. The van der Waals surface area contributed by atoms with Crippen LogP contribution in [-0.2, 0) is 6.18 Å². The molecule has 3 N–H and O–H groups in total. The topological polar surface area (TPSA) is 76.2 Å². The molecule has 0 bridgehead atoms. The van der Waals surface area contributed by atoms with Gasteiger partial charge in [0.25, 0.3) is 0 Å². The largest absolute Gasteiger partial charge is 0.477 e. The Morgan fingerprint density at radius 1 is 1.25 bits per heavy atom. The molecule has 0 unspecified atom stereocenters. The number of aromatic carboxylic acids is 1. The summed E-state index contributed by atoms with van der Waals surface area (Å²) in [4.78, 5) is 13.4. The Labute approximate surface area is 121 Å². The van der Waals surface area contributed by atoms with Gasteiger partial charge >= 0.3 is 12.1 Å². The lowest BCUT2D eigenvalue weighted by Gasteiger charge is -2.02. The first-order valence-corrected chi connectivity index (χ1v) is 5.78. The fourth-order valence-corrected chi connectivity index (χ4v) is 2.34. The molecule has 0 aliphatic heterocycles. The Morgan fingerprint density at radius 2 is 1.80 bits per heavy atom. The third kappa shape index (κ3) is 3.20. The van der Waals surface area contributed by atoms with Crippen LogP contribution >= 0.6 is 23.7 Å². The molecule has 108 valence electrons. The summed E-state index contributed by atoms with van der Waals surface area (Å²) >= 11 is 0.482. The van der Waals surface area contributed by atoms with Crippen LogP contribution in [0.15, 0.2) is 24.3 Å². The van der Waals surface area contributed by atoms with Crippen molar-refractivity contribution in [2.45, 2.75) is 6.18 Å². The molecule has 0 fully saturated rings. The van der Waals surface area contributed by atoms with Crippen LogP contribution in [0.2, 0.25) is 0 Å². The monoisotopic (exact) mass is 324 g/mol. The summed E-state index contributed by atoms with van der Waals surface area (Å²) < 4.78 is 38.0. The first-order chi connectivity index (χ1) is 8.79.